The molecule has 0 spiro atoms. The number of rotatable bonds is 5. The number of nitrogens with one attached hydrogen (secondary N) is 3. The minimum Gasteiger partial charge on any atom is -0.326 e. The Bertz CT molecular complexity index is 1060. The molecule has 1 fully saturated rings. The molecular weight excluding hydrogens is 396 g/mol. The van der Waals surface area contributed by atoms with Crippen LogP contribution in [0, 0.1) is 0 Å². The van der Waals surface area contributed by atoms with Crippen LogP contribution in [0.15, 0.2) is 46.5 Å². The van der Waals surface area contributed by atoms with Crippen LogP contribution in [-0.2, 0) is 21.5 Å². The third-order valence-electron chi connectivity index (χ3n) is 4.43. The van der Waals surface area contributed by atoms with Crippen LogP contribution in [0.3, 0.4) is 0 Å². The van der Waals surface area contributed by atoms with Crippen molar-refractivity contribution in [1.29, 1.82) is 0 Å². The number of nitrogens with zero attached hydrogens (tertiary/aromatic N) is 1. The Morgan fingerprint density at radius 1 is 1.25 bits per heavy atom. The molecule has 1 saturated heterocycles. The molecule has 1 unspecified atom stereocenters. The summed E-state index contributed by atoms with van der Waals surface area (Å²) in [7, 11) is 0. The second kappa shape index (κ2) is 7.17. The van der Waals surface area contributed by atoms with Crippen molar-refractivity contribution < 1.29 is 14.4 Å². The molecule has 1 aliphatic rings. The average molecular weight is 412 g/mol. The maximum atomic E-state index is 12.4. The van der Waals surface area contributed by atoms with Crippen LogP contribution in [0.25, 0.3) is 10.6 Å². The van der Waals surface area contributed by atoms with Crippen molar-refractivity contribution in [3.05, 3.63) is 57.7 Å². The predicted octanol–water partition coefficient (Wildman–Crippen LogP) is 3.11. The second-order valence-corrected chi connectivity index (χ2v) is 8.13. The lowest BCUT2D eigenvalue weighted by Gasteiger charge is -2.21. The molecule has 3 N–H and O–H groups in total. The van der Waals surface area contributed by atoms with Crippen molar-refractivity contribution in [2.75, 3.05) is 5.32 Å². The number of carbonyl (C=O) groups is 3. The number of thiazole rings is 1. The molecule has 0 bridgehead atoms. The number of hydrogen-bond acceptors (Lipinski definition) is 6. The van der Waals surface area contributed by atoms with Gasteiger partial charge in [-0.3, -0.25) is 14.9 Å². The Kier molecular flexibility index (Phi) is 4.70. The monoisotopic (exact) mass is 412 g/mol. The van der Waals surface area contributed by atoms with E-state index in [0.717, 1.165) is 10.6 Å². The van der Waals surface area contributed by atoms with Gasteiger partial charge in [-0.2, -0.15) is 11.3 Å². The highest BCUT2D eigenvalue weighted by molar-refractivity contribution is 7.14. The maximum Gasteiger partial charge on any atom is 0.322 e. The van der Waals surface area contributed by atoms with Gasteiger partial charge in [-0.15, -0.1) is 11.3 Å². The van der Waals surface area contributed by atoms with E-state index in [-0.39, 0.29) is 12.3 Å². The number of benzene rings is 1. The number of carbonyl (C=O) groups excluding carboxylic acids is 3. The fourth-order valence-corrected chi connectivity index (χ4v) is 4.46. The van der Waals surface area contributed by atoms with Gasteiger partial charge in [0.25, 0.3) is 5.91 Å². The summed E-state index contributed by atoms with van der Waals surface area (Å²) in [4.78, 5) is 40.5. The Balaban J connectivity index is 1.45. The number of imide groups is 1. The van der Waals surface area contributed by atoms with E-state index in [1.165, 1.54) is 11.3 Å². The molecule has 2 aromatic heterocycles. The highest BCUT2D eigenvalue weighted by Gasteiger charge is 2.43. The van der Waals surface area contributed by atoms with Crippen LogP contribution in [0.1, 0.15) is 18.2 Å². The van der Waals surface area contributed by atoms with E-state index in [1.807, 2.05) is 22.2 Å². The molecule has 1 aliphatic heterocycles. The van der Waals surface area contributed by atoms with Crippen LogP contribution < -0.4 is 16.0 Å². The summed E-state index contributed by atoms with van der Waals surface area (Å²) in [6, 6.07) is 8.34. The highest BCUT2D eigenvalue weighted by atomic mass is 32.1. The predicted molar refractivity (Wildman–Crippen MR) is 108 cm³/mol. The van der Waals surface area contributed by atoms with Gasteiger partial charge in [0.05, 0.1) is 12.1 Å². The first kappa shape index (κ1) is 18.3. The van der Waals surface area contributed by atoms with E-state index in [1.54, 1.807) is 42.5 Å². The molecule has 3 aromatic rings. The molecule has 28 heavy (non-hydrogen) atoms. The van der Waals surface area contributed by atoms with Gasteiger partial charge in [-0.1, -0.05) is 12.1 Å². The van der Waals surface area contributed by atoms with E-state index in [4.69, 9.17) is 0 Å². The topological polar surface area (TPSA) is 100 Å². The van der Waals surface area contributed by atoms with Crippen LogP contribution >= 0.6 is 22.7 Å². The average Bonchev–Trinajstić information content (AvgIpc) is 3.37. The Hall–Kier alpha value is -3.04. The zero-order valence-electron chi connectivity index (χ0n) is 14.8. The minimum atomic E-state index is -1.16. The summed E-state index contributed by atoms with van der Waals surface area (Å²) in [5.74, 6) is -0.631. The summed E-state index contributed by atoms with van der Waals surface area (Å²) in [6.07, 6.45) is 0.152. The van der Waals surface area contributed by atoms with Crippen molar-refractivity contribution in [1.82, 2.24) is 15.6 Å². The molecular formula is C19H16N4O3S2. The first-order chi connectivity index (χ1) is 13.4. The fraction of sp³-hybridized carbons (Fsp3) is 0.158. The summed E-state index contributed by atoms with van der Waals surface area (Å²) < 4.78 is 0. The lowest BCUT2D eigenvalue weighted by Crippen LogP contribution is -2.40. The van der Waals surface area contributed by atoms with E-state index in [2.05, 4.69) is 20.9 Å². The van der Waals surface area contributed by atoms with Gasteiger partial charge in [-0.05, 0) is 36.1 Å². The molecule has 142 valence electrons. The summed E-state index contributed by atoms with van der Waals surface area (Å²) in [6.45, 7) is 1.62. The Labute approximate surface area is 168 Å². The van der Waals surface area contributed by atoms with Gasteiger partial charge in [-0.25, -0.2) is 9.78 Å². The highest BCUT2D eigenvalue weighted by Crippen LogP contribution is 2.27. The van der Waals surface area contributed by atoms with Crippen molar-refractivity contribution in [2.24, 2.45) is 0 Å². The molecule has 4 amide bonds. The number of hydrogen-bond donors (Lipinski definition) is 3. The SMILES string of the molecule is CC1(c2cccc(NC(=O)Cc3csc(-c4ccsc4)n3)c2)NC(=O)NC1=O. The zero-order valence-corrected chi connectivity index (χ0v) is 16.4. The van der Waals surface area contributed by atoms with E-state index < -0.39 is 17.5 Å². The number of thiophene rings is 1. The summed E-state index contributed by atoms with van der Waals surface area (Å²) in [5.41, 5.74) is 1.73. The first-order valence-corrected chi connectivity index (χ1v) is 10.3. The van der Waals surface area contributed by atoms with Crippen molar-refractivity contribution in [3.63, 3.8) is 0 Å². The molecule has 0 aliphatic carbocycles. The Morgan fingerprint density at radius 2 is 2.11 bits per heavy atom. The van der Waals surface area contributed by atoms with E-state index in [0.29, 0.717) is 16.9 Å². The summed E-state index contributed by atoms with van der Waals surface area (Å²) in [5, 5.41) is 14.4. The van der Waals surface area contributed by atoms with Gasteiger partial charge < -0.3 is 10.6 Å². The van der Waals surface area contributed by atoms with Gasteiger partial charge in [0, 0.05) is 22.0 Å². The van der Waals surface area contributed by atoms with Crippen molar-refractivity contribution in [2.45, 2.75) is 18.9 Å². The molecule has 0 saturated carbocycles. The summed E-state index contributed by atoms with van der Waals surface area (Å²) >= 11 is 3.11. The third-order valence-corrected chi connectivity index (χ3v) is 6.05. The number of aromatic nitrogens is 1. The lowest BCUT2D eigenvalue weighted by molar-refractivity contribution is -0.123. The fourth-order valence-electron chi connectivity index (χ4n) is 2.93. The molecule has 0 radical (unpaired) electrons. The molecule has 3 heterocycles. The van der Waals surface area contributed by atoms with E-state index in [9.17, 15) is 14.4 Å². The first-order valence-electron chi connectivity index (χ1n) is 8.45. The van der Waals surface area contributed by atoms with Crippen molar-refractivity contribution >= 4 is 46.2 Å². The number of anilines is 1. The van der Waals surface area contributed by atoms with Crippen LogP contribution in [0.4, 0.5) is 10.5 Å². The molecule has 1 aromatic carbocycles. The van der Waals surface area contributed by atoms with Crippen LogP contribution in [0.2, 0.25) is 0 Å². The van der Waals surface area contributed by atoms with Gasteiger partial charge in [0.15, 0.2) is 0 Å². The Morgan fingerprint density at radius 3 is 2.82 bits per heavy atom. The maximum absolute atomic E-state index is 12.4. The van der Waals surface area contributed by atoms with Gasteiger partial charge in [0.2, 0.25) is 5.91 Å². The second-order valence-electron chi connectivity index (χ2n) is 6.50. The molecule has 1 atom stereocenters. The minimum absolute atomic E-state index is 0.152. The lowest BCUT2D eigenvalue weighted by atomic mass is 9.92. The standard InChI is InChI=1S/C19H16N4O3S2/c1-19(17(25)22-18(26)23-19)12-3-2-4-13(7-12)20-15(24)8-14-10-28-16(21-14)11-5-6-27-9-11/h2-7,9-10H,8H2,1H3,(H,20,24)(H2,22,23,25,26). The van der Waals surface area contributed by atoms with Crippen LogP contribution in [-0.4, -0.2) is 22.8 Å². The normalized spacial score (nSPS) is 18.6. The zero-order chi connectivity index (χ0) is 19.7. The quantitative estimate of drug-likeness (QED) is 0.561. The van der Waals surface area contributed by atoms with Gasteiger partial charge >= 0.3 is 6.03 Å². The number of amides is 4. The van der Waals surface area contributed by atoms with E-state index >= 15 is 0 Å². The molecule has 7 nitrogen and oxygen atoms in total. The largest absolute Gasteiger partial charge is 0.326 e. The molecule has 9 heteroatoms. The smallest absolute Gasteiger partial charge is 0.322 e. The van der Waals surface area contributed by atoms with Gasteiger partial charge in [0.1, 0.15) is 10.5 Å². The molecule has 4 rings (SSSR count). The van der Waals surface area contributed by atoms with Crippen molar-refractivity contribution in [3.8, 4) is 10.6 Å². The number of urea groups is 1. The van der Waals surface area contributed by atoms with Crippen LogP contribution in [0.5, 0.6) is 0 Å². The third kappa shape index (κ3) is 3.54.